The molecular weight excluding hydrogens is 184 g/mol. The molecular formula is C9H12N2OS. The molecule has 0 bridgehead atoms. The average Bonchev–Trinajstić information content (AvgIpc) is 2.48. The number of anilines is 1. The number of thiazole rings is 1. The molecule has 0 aliphatic rings. The normalized spacial score (nSPS) is 9.38. The molecule has 3 nitrogen and oxygen atoms in total. The van der Waals surface area contributed by atoms with Gasteiger partial charge in [0.25, 0.3) is 0 Å². The van der Waals surface area contributed by atoms with Gasteiger partial charge in [-0.25, -0.2) is 0 Å². The molecule has 0 fully saturated rings. The Morgan fingerprint density at radius 1 is 1.62 bits per heavy atom. The van der Waals surface area contributed by atoms with Gasteiger partial charge in [0.1, 0.15) is 0 Å². The van der Waals surface area contributed by atoms with Crippen LogP contribution in [0.25, 0.3) is 0 Å². The molecule has 0 radical (unpaired) electrons. The molecule has 0 spiro atoms. The summed E-state index contributed by atoms with van der Waals surface area (Å²) < 4.78 is 5.11. The van der Waals surface area contributed by atoms with Crippen molar-refractivity contribution in [1.82, 2.24) is 4.98 Å². The highest BCUT2D eigenvalue weighted by atomic mass is 32.1. The first kappa shape index (κ1) is 9.87. The molecule has 4 heteroatoms. The highest BCUT2D eigenvalue weighted by Crippen LogP contribution is 2.30. The monoisotopic (exact) mass is 196 g/mol. The zero-order chi connectivity index (χ0) is 9.84. The zero-order valence-corrected chi connectivity index (χ0v) is 8.81. The number of ether oxygens (including phenoxy) is 1. The summed E-state index contributed by atoms with van der Waals surface area (Å²) in [7, 11) is 5.49. The summed E-state index contributed by atoms with van der Waals surface area (Å²) in [6.07, 6.45) is 5.81. The molecule has 1 aromatic rings. The number of methoxy groups -OCH3 is 1. The van der Waals surface area contributed by atoms with Gasteiger partial charge in [-0.2, -0.15) is 4.98 Å². The van der Waals surface area contributed by atoms with Gasteiger partial charge in [-0.15, -0.1) is 12.3 Å². The van der Waals surface area contributed by atoms with Gasteiger partial charge in [0.15, 0.2) is 5.13 Å². The van der Waals surface area contributed by atoms with Crippen LogP contribution < -0.4 is 9.64 Å². The number of hydrogen-bond donors (Lipinski definition) is 0. The third-order valence-electron chi connectivity index (χ3n) is 1.49. The van der Waals surface area contributed by atoms with Gasteiger partial charge >= 0.3 is 0 Å². The van der Waals surface area contributed by atoms with Crippen molar-refractivity contribution >= 4 is 16.5 Å². The van der Waals surface area contributed by atoms with Crippen LogP contribution in [0.2, 0.25) is 0 Å². The highest BCUT2D eigenvalue weighted by molar-refractivity contribution is 7.15. The van der Waals surface area contributed by atoms with E-state index in [0.717, 1.165) is 10.0 Å². The lowest BCUT2D eigenvalue weighted by Gasteiger charge is -2.04. The Bertz CT molecular complexity index is 325. The lowest BCUT2D eigenvalue weighted by molar-refractivity contribution is 0.397. The second kappa shape index (κ2) is 4.15. The Labute approximate surface area is 82.4 Å². The summed E-state index contributed by atoms with van der Waals surface area (Å²) in [6.45, 7) is 0. The predicted octanol–water partition coefficient (Wildman–Crippen LogP) is 1.39. The first-order valence-corrected chi connectivity index (χ1v) is 4.65. The van der Waals surface area contributed by atoms with Gasteiger partial charge in [-0.05, 0) is 0 Å². The molecule has 0 atom stereocenters. The van der Waals surface area contributed by atoms with E-state index in [-0.39, 0.29) is 0 Å². The minimum atomic E-state index is 0.578. The lowest BCUT2D eigenvalue weighted by Crippen LogP contribution is -2.07. The summed E-state index contributed by atoms with van der Waals surface area (Å²) in [6, 6.07) is 0. The van der Waals surface area contributed by atoms with Crippen LogP contribution in [0, 0.1) is 12.3 Å². The van der Waals surface area contributed by atoms with Gasteiger partial charge in [0, 0.05) is 20.5 Å². The fourth-order valence-corrected chi connectivity index (χ4v) is 1.78. The third-order valence-corrected chi connectivity index (χ3v) is 2.69. The van der Waals surface area contributed by atoms with Gasteiger partial charge in [-0.3, -0.25) is 0 Å². The van der Waals surface area contributed by atoms with Crippen molar-refractivity contribution in [1.29, 1.82) is 0 Å². The minimum absolute atomic E-state index is 0.578. The number of hydrogen-bond acceptors (Lipinski definition) is 4. The maximum Gasteiger partial charge on any atom is 0.230 e. The van der Waals surface area contributed by atoms with E-state index in [1.165, 1.54) is 0 Å². The molecule has 0 N–H and O–H groups in total. The molecule has 70 valence electrons. The quantitative estimate of drug-likeness (QED) is 0.683. The van der Waals surface area contributed by atoms with E-state index in [2.05, 4.69) is 10.9 Å². The van der Waals surface area contributed by atoms with E-state index in [1.54, 1.807) is 18.4 Å². The van der Waals surface area contributed by atoms with Crippen molar-refractivity contribution in [3.8, 4) is 18.2 Å². The van der Waals surface area contributed by atoms with E-state index in [1.807, 2.05) is 19.0 Å². The van der Waals surface area contributed by atoms with Gasteiger partial charge in [0.05, 0.1) is 12.0 Å². The van der Waals surface area contributed by atoms with Crippen LogP contribution in [-0.2, 0) is 6.42 Å². The van der Waals surface area contributed by atoms with E-state index in [0.29, 0.717) is 12.3 Å². The number of aromatic nitrogens is 1. The van der Waals surface area contributed by atoms with Gasteiger partial charge < -0.3 is 9.64 Å². The predicted molar refractivity (Wildman–Crippen MR) is 55.5 cm³/mol. The fourth-order valence-electron chi connectivity index (χ4n) is 0.881. The Morgan fingerprint density at radius 2 is 2.31 bits per heavy atom. The Morgan fingerprint density at radius 3 is 2.77 bits per heavy atom. The summed E-state index contributed by atoms with van der Waals surface area (Å²) in [5.74, 6) is 3.23. The molecule has 1 rings (SSSR count). The summed E-state index contributed by atoms with van der Waals surface area (Å²) in [5, 5.41) is 0.919. The summed E-state index contributed by atoms with van der Waals surface area (Å²) in [4.78, 5) is 7.22. The summed E-state index contributed by atoms with van der Waals surface area (Å²) in [5.41, 5.74) is 0. The molecule has 0 unspecified atom stereocenters. The number of rotatable bonds is 3. The topological polar surface area (TPSA) is 25.4 Å². The van der Waals surface area contributed by atoms with Crippen LogP contribution in [0.4, 0.5) is 5.13 Å². The Balaban J connectivity index is 2.98. The fraction of sp³-hybridized carbons (Fsp3) is 0.444. The van der Waals surface area contributed by atoms with E-state index in [9.17, 15) is 0 Å². The van der Waals surface area contributed by atoms with Crippen LogP contribution in [0.15, 0.2) is 0 Å². The maximum atomic E-state index is 5.23. The van der Waals surface area contributed by atoms with Crippen molar-refractivity contribution in [2.45, 2.75) is 6.42 Å². The van der Waals surface area contributed by atoms with E-state index >= 15 is 0 Å². The first-order valence-electron chi connectivity index (χ1n) is 3.83. The van der Waals surface area contributed by atoms with Crippen molar-refractivity contribution < 1.29 is 4.74 Å². The molecule has 0 amide bonds. The zero-order valence-electron chi connectivity index (χ0n) is 8.00. The molecule has 0 aliphatic heterocycles. The molecule has 0 aromatic carbocycles. The van der Waals surface area contributed by atoms with Gasteiger partial charge in [0.2, 0.25) is 5.88 Å². The molecule has 0 aliphatic carbocycles. The second-order valence-electron chi connectivity index (χ2n) is 2.70. The van der Waals surface area contributed by atoms with Crippen molar-refractivity contribution in [2.75, 3.05) is 26.1 Å². The third kappa shape index (κ3) is 2.13. The van der Waals surface area contributed by atoms with Crippen molar-refractivity contribution in [3.05, 3.63) is 4.88 Å². The van der Waals surface area contributed by atoms with Crippen LogP contribution in [-0.4, -0.2) is 26.2 Å². The lowest BCUT2D eigenvalue weighted by atomic mass is 10.4. The smallest absolute Gasteiger partial charge is 0.230 e. The SMILES string of the molecule is C#CCc1sc(N(C)C)nc1OC. The Kier molecular flexibility index (Phi) is 3.15. The Hall–Kier alpha value is -1.21. The highest BCUT2D eigenvalue weighted by Gasteiger charge is 2.11. The van der Waals surface area contributed by atoms with Crippen molar-refractivity contribution in [3.63, 3.8) is 0 Å². The molecule has 0 saturated carbocycles. The maximum absolute atomic E-state index is 5.23. The molecule has 1 heterocycles. The minimum Gasteiger partial charge on any atom is -0.480 e. The van der Waals surface area contributed by atoms with E-state index in [4.69, 9.17) is 11.2 Å². The largest absolute Gasteiger partial charge is 0.480 e. The van der Waals surface area contributed by atoms with Crippen LogP contribution in [0.1, 0.15) is 4.88 Å². The first-order chi connectivity index (χ1) is 6.19. The van der Waals surface area contributed by atoms with Crippen LogP contribution >= 0.6 is 11.3 Å². The number of nitrogens with zero attached hydrogens (tertiary/aromatic N) is 2. The van der Waals surface area contributed by atoms with Crippen LogP contribution in [0.5, 0.6) is 5.88 Å². The average molecular weight is 196 g/mol. The molecule has 1 aromatic heterocycles. The molecule has 13 heavy (non-hydrogen) atoms. The summed E-state index contributed by atoms with van der Waals surface area (Å²) >= 11 is 1.56. The number of terminal acetylenes is 1. The van der Waals surface area contributed by atoms with Gasteiger partial charge in [-0.1, -0.05) is 11.3 Å². The van der Waals surface area contributed by atoms with E-state index < -0.39 is 0 Å². The van der Waals surface area contributed by atoms with Crippen molar-refractivity contribution in [2.24, 2.45) is 0 Å². The molecule has 0 saturated heterocycles. The second-order valence-corrected chi connectivity index (χ2v) is 3.77. The standard InChI is InChI=1S/C9H12N2OS/c1-5-6-7-8(12-4)10-9(13-7)11(2)3/h1H,6H2,2-4H3. The van der Waals surface area contributed by atoms with Crippen LogP contribution in [0.3, 0.4) is 0 Å².